The van der Waals surface area contributed by atoms with E-state index in [4.69, 9.17) is 4.74 Å². The summed E-state index contributed by atoms with van der Waals surface area (Å²) in [7, 11) is 1.67. The van der Waals surface area contributed by atoms with Gasteiger partial charge in [-0.15, -0.1) is 0 Å². The molecule has 22 heavy (non-hydrogen) atoms. The molecule has 0 fully saturated rings. The minimum absolute atomic E-state index is 0.0711. The van der Waals surface area contributed by atoms with Crippen molar-refractivity contribution in [1.29, 1.82) is 0 Å². The number of ether oxygens (including phenoxy) is 1. The first-order valence-corrected chi connectivity index (χ1v) is 7.15. The molecule has 0 amide bonds. The zero-order valence-corrected chi connectivity index (χ0v) is 12.7. The van der Waals surface area contributed by atoms with E-state index in [0.717, 1.165) is 16.7 Å². The Kier molecular flexibility index (Phi) is 4.02. The fourth-order valence-electron chi connectivity index (χ4n) is 2.51. The second-order valence-corrected chi connectivity index (χ2v) is 5.15. The van der Waals surface area contributed by atoms with Gasteiger partial charge in [0.2, 0.25) is 0 Å². The number of rotatable bonds is 5. The Morgan fingerprint density at radius 2 is 2.09 bits per heavy atom. The van der Waals surface area contributed by atoms with E-state index in [1.165, 1.54) is 0 Å². The molecule has 6 heteroatoms. The third-order valence-electron chi connectivity index (χ3n) is 3.67. The third kappa shape index (κ3) is 2.65. The van der Waals surface area contributed by atoms with Gasteiger partial charge in [-0.3, -0.25) is 9.36 Å². The summed E-state index contributed by atoms with van der Waals surface area (Å²) in [5.74, 6) is 0. The van der Waals surface area contributed by atoms with Crippen molar-refractivity contribution < 1.29 is 4.74 Å². The summed E-state index contributed by atoms with van der Waals surface area (Å²) in [5.41, 5.74) is 3.05. The smallest absolute Gasteiger partial charge is 0.272 e. The molecule has 0 saturated heterocycles. The van der Waals surface area contributed by atoms with Crippen LogP contribution in [0.25, 0.3) is 11.0 Å². The van der Waals surface area contributed by atoms with Crippen molar-refractivity contribution in [1.82, 2.24) is 19.1 Å². The van der Waals surface area contributed by atoms with Crippen LogP contribution < -0.4 is 5.56 Å². The number of fused-ring (bicyclic) bond motifs is 1. The average molecular weight is 298 g/mol. The molecule has 0 atom stereocenters. The van der Waals surface area contributed by atoms with E-state index in [1.54, 1.807) is 31.1 Å². The van der Waals surface area contributed by atoms with Crippen molar-refractivity contribution in [2.24, 2.45) is 0 Å². The molecule has 0 aliphatic rings. The van der Waals surface area contributed by atoms with Gasteiger partial charge in [-0.25, -0.2) is 9.97 Å². The predicted octanol–water partition coefficient (Wildman–Crippen LogP) is 1.60. The first-order valence-electron chi connectivity index (χ1n) is 7.15. The summed E-state index contributed by atoms with van der Waals surface area (Å²) < 4.78 is 8.85. The second-order valence-electron chi connectivity index (χ2n) is 5.15. The van der Waals surface area contributed by atoms with Gasteiger partial charge in [0.25, 0.3) is 5.56 Å². The van der Waals surface area contributed by atoms with Crippen LogP contribution in [0.3, 0.4) is 0 Å². The highest BCUT2D eigenvalue weighted by molar-refractivity contribution is 5.74. The van der Waals surface area contributed by atoms with Crippen LogP contribution in [0, 0.1) is 6.92 Å². The third-order valence-corrected chi connectivity index (χ3v) is 3.67. The number of aryl methyl sites for hydroxylation is 1. The van der Waals surface area contributed by atoms with Crippen molar-refractivity contribution in [3.63, 3.8) is 0 Å². The maximum atomic E-state index is 12.5. The van der Waals surface area contributed by atoms with Crippen molar-refractivity contribution in [2.45, 2.75) is 20.0 Å². The van der Waals surface area contributed by atoms with Crippen LogP contribution in [0.15, 0.2) is 41.6 Å². The lowest BCUT2D eigenvalue weighted by Gasteiger charge is -2.12. The second kappa shape index (κ2) is 6.11. The van der Waals surface area contributed by atoms with Gasteiger partial charge in [0.05, 0.1) is 36.2 Å². The van der Waals surface area contributed by atoms with Gasteiger partial charge in [0.1, 0.15) is 5.69 Å². The number of hydrogen-bond acceptors (Lipinski definition) is 4. The standard InChI is InChI=1S/C16H18N4O2/c1-12-16(21)20(15-6-4-3-5-14(15)18-12)10-13-9-17-11-19(13)7-8-22-2/h3-6,9,11H,7-8,10H2,1-2H3. The number of para-hydroxylation sites is 2. The van der Waals surface area contributed by atoms with Gasteiger partial charge in [-0.2, -0.15) is 0 Å². The van der Waals surface area contributed by atoms with Gasteiger partial charge < -0.3 is 9.30 Å². The lowest BCUT2D eigenvalue weighted by molar-refractivity contribution is 0.186. The van der Waals surface area contributed by atoms with Crippen molar-refractivity contribution in [2.75, 3.05) is 13.7 Å². The first-order chi connectivity index (χ1) is 10.7. The first kappa shape index (κ1) is 14.5. The lowest BCUT2D eigenvalue weighted by Crippen LogP contribution is -2.25. The molecular weight excluding hydrogens is 280 g/mol. The average Bonchev–Trinajstić information content (AvgIpc) is 2.97. The van der Waals surface area contributed by atoms with E-state index >= 15 is 0 Å². The van der Waals surface area contributed by atoms with Gasteiger partial charge in [-0.05, 0) is 19.1 Å². The molecule has 0 bridgehead atoms. The highest BCUT2D eigenvalue weighted by atomic mass is 16.5. The number of benzene rings is 1. The number of aromatic nitrogens is 4. The molecule has 0 saturated carbocycles. The van der Waals surface area contributed by atoms with Crippen molar-refractivity contribution >= 4 is 11.0 Å². The summed E-state index contributed by atoms with van der Waals surface area (Å²) >= 11 is 0. The summed E-state index contributed by atoms with van der Waals surface area (Å²) in [6.07, 6.45) is 3.54. The number of nitrogens with zero attached hydrogens (tertiary/aromatic N) is 4. The van der Waals surface area contributed by atoms with Crippen LogP contribution in [-0.2, 0) is 17.8 Å². The molecule has 2 heterocycles. The fourth-order valence-corrected chi connectivity index (χ4v) is 2.51. The largest absolute Gasteiger partial charge is 0.383 e. The normalized spacial score (nSPS) is 11.2. The molecular formula is C16H18N4O2. The minimum Gasteiger partial charge on any atom is -0.383 e. The Hall–Kier alpha value is -2.47. The van der Waals surface area contributed by atoms with Crippen molar-refractivity contribution in [3.05, 3.63) is 58.5 Å². The van der Waals surface area contributed by atoms with E-state index < -0.39 is 0 Å². The monoisotopic (exact) mass is 298 g/mol. The molecule has 2 aromatic heterocycles. The number of methoxy groups -OCH3 is 1. The van der Waals surface area contributed by atoms with Gasteiger partial charge in [0.15, 0.2) is 0 Å². The van der Waals surface area contributed by atoms with E-state index in [-0.39, 0.29) is 5.56 Å². The topological polar surface area (TPSA) is 61.9 Å². The van der Waals surface area contributed by atoms with E-state index in [1.807, 2.05) is 28.8 Å². The zero-order chi connectivity index (χ0) is 15.5. The molecule has 0 radical (unpaired) electrons. The highest BCUT2D eigenvalue weighted by Crippen LogP contribution is 2.12. The maximum Gasteiger partial charge on any atom is 0.272 e. The van der Waals surface area contributed by atoms with Crippen molar-refractivity contribution in [3.8, 4) is 0 Å². The van der Waals surface area contributed by atoms with E-state index in [2.05, 4.69) is 9.97 Å². The van der Waals surface area contributed by atoms with Crippen LogP contribution in [0.4, 0.5) is 0 Å². The number of hydrogen-bond donors (Lipinski definition) is 0. The van der Waals surface area contributed by atoms with Crippen LogP contribution >= 0.6 is 0 Å². The van der Waals surface area contributed by atoms with Gasteiger partial charge >= 0.3 is 0 Å². The fraction of sp³-hybridized carbons (Fsp3) is 0.312. The molecule has 0 spiro atoms. The molecule has 3 rings (SSSR count). The predicted molar refractivity (Wildman–Crippen MR) is 83.9 cm³/mol. The molecule has 0 aliphatic heterocycles. The quantitative estimate of drug-likeness (QED) is 0.718. The Morgan fingerprint density at radius 1 is 1.27 bits per heavy atom. The SMILES string of the molecule is COCCn1cncc1Cn1c(=O)c(C)nc2ccccc21. The zero-order valence-electron chi connectivity index (χ0n) is 12.7. The summed E-state index contributed by atoms with van der Waals surface area (Å²) in [6, 6.07) is 7.67. The van der Waals surface area contributed by atoms with Gasteiger partial charge in [-0.1, -0.05) is 12.1 Å². The van der Waals surface area contributed by atoms with Crippen LogP contribution in [0.5, 0.6) is 0 Å². The van der Waals surface area contributed by atoms with Crippen LogP contribution in [0.2, 0.25) is 0 Å². The molecule has 114 valence electrons. The van der Waals surface area contributed by atoms with Crippen LogP contribution in [-0.4, -0.2) is 32.8 Å². The van der Waals surface area contributed by atoms with Gasteiger partial charge in [0, 0.05) is 19.9 Å². The summed E-state index contributed by atoms with van der Waals surface area (Å²) in [6.45, 7) is 3.52. The molecule has 3 aromatic rings. The molecule has 1 aromatic carbocycles. The summed E-state index contributed by atoms with van der Waals surface area (Å²) in [4.78, 5) is 21.0. The van der Waals surface area contributed by atoms with E-state index in [0.29, 0.717) is 25.4 Å². The lowest BCUT2D eigenvalue weighted by atomic mass is 10.2. The molecule has 0 N–H and O–H groups in total. The highest BCUT2D eigenvalue weighted by Gasteiger charge is 2.10. The Morgan fingerprint density at radius 3 is 2.91 bits per heavy atom. The Bertz CT molecular complexity index is 851. The Labute approximate surface area is 128 Å². The Balaban J connectivity index is 2.06. The molecule has 0 unspecified atom stereocenters. The maximum absolute atomic E-state index is 12.5. The van der Waals surface area contributed by atoms with Crippen LogP contribution in [0.1, 0.15) is 11.4 Å². The number of imidazole rings is 1. The summed E-state index contributed by atoms with van der Waals surface area (Å²) in [5, 5.41) is 0. The molecule has 6 nitrogen and oxygen atoms in total. The molecule has 0 aliphatic carbocycles. The van der Waals surface area contributed by atoms with E-state index in [9.17, 15) is 4.79 Å². The minimum atomic E-state index is -0.0711.